The minimum absolute atomic E-state index is 0.0579. The molecule has 0 aliphatic heterocycles. The molecule has 0 aliphatic carbocycles. The van der Waals surface area contributed by atoms with Crippen LogP contribution in [-0.4, -0.2) is 29.2 Å². The average molecular weight is 264 g/mol. The summed E-state index contributed by atoms with van der Waals surface area (Å²) in [6, 6.07) is 4.21. The number of benzene rings is 1. The fourth-order valence-electron chi connectivity index (χ4n) is 1.53. The van der Waals surface area contributed by atoms with Gasteiger partial charge in [-0.2, -0.15) is 0 Å². The molecule has 1 aromatic rings. The molecule has 0 unspecified atom stereocenters. The summed E-state index contributed by atoms with van der Waals surface area (Å²) in [5, 5.41) is 24.8. The van der Waals surface area contributed by atoms with Gasteiger partial charge in [0.15, 0.2) is 0 Å². The van der Waals surface area contributed by atoms with E-state index in [-0.39, 0.29) is 23.8 Å². The Hall–Kier alpha value is -2.40. The van der Waals surface area contributed by atoms with Crippen LogP contribution in [0.1, 0.15) is 18.4 Å². The summed E-state index contributed by atoms with van der Waals surface area (Å²) in [5.74, 6) is -0.0276. The molecule has 0 radical (unpaired) electrons. The van der Waals surface area contributed by atoms with Crippen LogP contribution in [0.25, 0.3) is 10.4 Å². The Labute approximate surface area is 110 Å². The van der Waals surface area contributed by atoms with E-state index in [1.165, 1.54) is 18.2 Å². The van der Waals surface area contributed by atoms with E-state index in [9.17, 15) is 15.0 Å². The first kappa shape index (κ1) is 14.7. The van der Waals surface area contributed by atoms with Crippen LogP contribution in [0.15, 0.2) is 23.3 Å². The number of nitrogens with one attached hydrogen (secondary N) is 1. The Morgan fingerprint density at radius 2 is 2.21 bits per heavy atom. The van der Waals surface area contributed by atoms with Crippen LogP contribution in [-0.2, 0) is 11.2 Å². The first-order chi connectivity index (χ1) is 9.13. The second-order valence-electron chi connectivity index (χ2n) is 3.97. The highest BCUT2D eigenvalue weighted by Crippen LogP contribution is 2.23. The molecule has 0 aliphatic rings. The SMILES string of the molecule is [N-]=[N+]=NCCCNC(=O)CCc1cc(O)ccc1O. The van der Waals surface area contributed by atoms with E-state index in [4.69, 9.17) is 5.53 Å². The summed E-state index contributed by atoms with van der Waals surface area (Å²) in [4.78, 5) is 14.1. The Morgan fingerprint density at radius 1 is 1.42 bits per heavy atom. The predicted octanol–water partition coefficient (Wildman–Crippen LogP) is 1.85. The van der Waals surface area contributed by atoms with Crippen LogP contribution in [0.5, 0.6) is 11.5 Å². The van der Waals surface area contributed by atoms with Crippen LogP contribution in [0, 0.1) is 0 Å². The highest BCUT2D eigenvalue weighted by molar-refractivity contribution is 5.76. The molecule has 0 heterocycles. The van der Waals surface area contributed by atoms with Gasteiger partial charge in [0.2, 0.25) is 5.91 Å². The summed E-state index contributed by atoms with van der Waals surface area (Å²) < 4.78 is 0. The van der Waals surface area contributed by atoms with Gasteiger partial charge in [0, 0.05) is 24.4 Å². The van der Waals surface area contributed by atoms with Crippen LogP contribution < -0.4 is 5.32 Å². The lowest BCUT2D eigenvalue weighted by Gasteiger charge is -2.06. The molecular weight excluding hydrogens is 248 g/mol. The standard InChI is InChI=1S/C12H16N4O3/c13-16-15-7-1-6-14-12(19)5-2-9-8-10(17)3-4-11(9)18/h3-4,8,17-18H,1-2,5-7H2,(H,14,19). The van der Waals surface area contributed by atoms with Crippen molar-refractivity contribution in [2.75, 3.05) is 13.1 Å². The summed E-state index contributed by atoms with van der Waals surface area (Å²) >= 11 is 0. The molecule has 3 N–H and O–H groups in total. The highest BCUT2D eigenvalue weighted by atomic mass is 16.3. The number of hydrogen-bond acceptors (Lipinski definition) is 4. The van der Waals surface area contributed by atoms with Crippen molar-refractivity contribution in [2.45, 2.75) is 19.3 Å². The number of carbonyl (C=O) groups excluding carboxylic acids is 1. The van der Waals surface area contributed by atoms with E-state index in [2.05, 4.69) is 15.3 Å². The molecule has 102 valence electrons. The van der Waals surface area contributed by atoms with E-state index in [0.29, 0.717) is 31.5 Å². The van der Waals surface area contributed by atoms with E-state index >= 15 is 0 Å². The van der Waals surface area contributed by atoms with Crippen molar-refractivity contribution in [1.29, 1.82) is 0 Å². The Bertz CT molecular complexity index is 484. The smallest absolute Gasteiger partial charge is 0.220 e. The number of phenolic OH excluding ortho intramolecular Hbond substituents is 2. The minimum Gasteiger partial charge on any atom is -0.508 e. The average Bonchev–Trinajstić information content (AvgIpc) is 2.39. The molecule has 0 bridgehead atoms. The molecule has 0 aromatic heterocycles. The maximum atomic E-state index is 11.5. The van der Waals surface area contributed by atoms with Gasteiger partial charge in [-0.15, -0.1) is 0 Å². The van der Waals surface area contributed by atoms with Crippen molar-refractivity contribution >= 4 is 5.91 Å². The number of rotatable bonds is 7. The number of azide groups is 1. The second kappa shape index (κ2) is 7.84. The Kier molecular flexibility index (Phi) is 6.05. The zero-order valence-electron chi connectivity index (χ0n) is 10.4. The first-order valence-electron chi connectivity index (χ1n) is 5.92. The monoisotopic (exact) mass is 264 g/mol. The lowest BCUT2D eigenvalue weighted by Crippen LogP contribution is -2.25. The van der Waals surface area contributed by atoms with Crippen molar-refractivity contribution in [1.82, 2.24) is 5.32 Å². The molecule has 7 heteroatoms. The summed E-state index contributed by atoms with van der Waals surface area (Å²) in [6.07, 6.45) is 1.16. The summed E-state index contributed by atoms with van der Waals surface area (Å²) in [7, 11) is 0. The number of aromatic hydroxyl groups is 2. The van der Waals surface area contributed by atoms with E-state index < -0.39 is 0 Å². The van der Waals surface area contributed by atoms with Gasteiger partial charge in [0.1, 0.15) is 11.5 Å². The fourth-order valence-corrected chi connectivity index (χ4v) is 1.53. The largest absolute Gasteiger partial charge is 0.508 e. The zero-order chi connectivity index (χ0) is 14.1. The molecule has 0 spiro atoms. The summed E-state index contributed by atoms with van der Waals surface area (Å²) in [6.45, 7) is 0.800. The lowest BCUT2D eigenvalue weighted by atomic mass is 10.1. The van der Waals surface area contributed by atoms with E-state index in [1.54, 1.807) is 0 Å². The molecule has 0 saturated heterocycles. The van der Waals surface area contributed by atoms with Gasteiger partial charge in [0.05, 0.1) is 0 Å². The van der Waals surface area contributed by atoms with Crippen molar-refractivity contribution < 1.29 is 15.0 Å². The third-order valence-electron chi connectivity index (χ3n) is 2.50. The lowest BCUT2D eigenvalue weighted by molar-refractivity contribution is -0.121. The number of nitrogens with zero attached hydrogens (tertiary/aromatic N) is 3. The minimum atomic E-state index is -0.149. The van der Waals surface area contributed by atoms with Gasteiger partial charge in [-0.05, 0) is 42.1 Å². The normalized spacial score (nSPS) is 9.68. The Balaban J connectivity index is 2.29. The third-order valence-corrected chi connectivity index (χ3v) is 2.50. The second-order valence-corrected chi connectivity index (χ2v) is 3.97. The topological polar surface area (TPSA) is 118 Å². The van der Waals surface area contributed by atoms with Crippen molar-refractivity contribution in [3.63, 3.8) is 0 Å². The number of carbonyl (C=O) groups is 1. The third kappa shape index (κ3) is 5.65. The molecule has 0 atom stereocenters. The van der Waals surface area contributed by atoms with Crippen molar-refractivity contribution in [3.05, 3.63) is 34.2 Å². The number of hydrogen-bond donors (Lipinski definition) is 3. The van der Waals surface area contributed by atoms with E-state index in [0.717, 1.165) is 0 Å². The van der Waals surface area contributed by atoms with Gasteiger partial charge in [0.25, 0.3) is 0 Å². The van der Waals surface area contributed by atoms with Crippen LogP contribution in [0.2, 0.25) is 0 Å². The van der Waals surface area contributed by atoms with Crippen LogP contribution in [0.4, 0.5) is 0 Å². The summed E-state index contributed by atoms with van der Waals surface area (Å²) in [5.41, 5.74) is 8.59. The zero-order valence-corrected chi connectivity index (χ0v) is 10.4. The van der Waals surface area contributed by atoms with Gasteiger partial charge in [-0.3, -0.25) is 4.79 Å². The number of amides is 1. The maximum absolute atomic E-state index is 11.5. The number of phenols is 2. The van der Waals surface area contributed by atoms with Gasteiger partial charge in [-0.25, -0.2) is 0 Å². The molecule has 19 heavy (non-hydrogen) atoms. The molecule has 1 rings (SSSR count). The molecular formula is C12H16N4O3. The molecule has 7 nitrogen and oxygen atoms in total. The fraction of sp³-hybridized carbons (Fsp3) is 0.417. The van der Waals surface area contributed by atoms with Crippen molar-refractivity contribution in [3.8, 4) is 11.5 Å². The van der Waals surface area contributed by atoms with Gasteiger partial charge < -0.3 is 15.5 Å². The maximum Gasteiger partial charge on any atom is 0.220 e. The molecule has 1 aromatic carbocycles. The molecule has 1 amide bonds. The predicted molar refractivity (Wildman–Crippen MR) is 69.7 cm³/mol. The Morgan fingerprint density at radius 3 is 2.95 bits per heavy atom. The van der Waals surface area contributed by atoms with Crippen LogP contribution in [0.3, 0.4) is 0 Å². The highest BCUT2D eigenvalue weighted by Gasteiger charge is 2.06. The molecule has 0 fully saturated rings. The number of aryl methyl sites for hydroxylation is 1. The van der Waals surface area contributed by atoms with Gasteiger partial charge >= 0.3 is 0 Å². The van der Waals surface area contributed by atoms with E-state index in [1.807, 2.05) is 0 Å². The quantitative estimate of drug-likeness (QED) is 0.229. The van der Waals surface area contributed by atoms with Crippen molar-refractivity contribution in [2.24, 2.45) is 5.11 Å². The first-order valence-corrected chi connectivity index (χ1v) is 5.92. The van der Waals surface area contributed by atoms with Crippen LogP contribution >= 0.6 is 0 Å². The molecule has 0 saturated carbocycles. The van der Waals surface area contributed by atoms with Gasteiger partial charge in [-0.1, -0.05) is 5.11 Å².